The Labute approximate surface area is 127 Å². The van der Waals surface area contributed by atoms with E-state index in [1.54, 1.807) is 0 Å². The summed E-state index contributed by atoms with van der Waals surface area (Å²) in [6.45, 7) is 4.82. The van der Waals surface area contributed by atoms with Gasteiger partial charge in [0.25, 0.3) is 0 Å². The number of imide groups is 1. The summed E-state index contributed by atoms with van der Waals surface area (Å²) in [5.74, 6) is 0.559. The topological polar surface area (TPSA) is 73.5 Å². The lowest BCUT2D eigenvalue weighted by Crippen LogP contribution is -2.51. The van der Waals surface area contributed by atoms with E-state index in [1.807, 2.05) is 14.0 Å². The average Bonchev–Trinajstić information content (AvgIpc) is 3.28. The van der Waals surface area contributed by atoms with E-state index in [1.165, 1.54) is 6.42 Å². The number of nitrogens with one attached hydrogen (secondary N) is 3. The first kappa shape index (κ1) is 16.2. The van der Waals surface area contributed by atoms with Crippen molar-refractivity contribution in [2.24, 2.45) is 5.92 Å². The Balaban J connectivity index is 1.68. The Kier molecular flexibility index (Phi) is 5.99. The lowest BCUT2D eigenvalue weighted by molar-refractivity contribution is -0.125. The summed E-state index contributed by atoms with van der Waals surface area (Å²) in [5, 5.41) is 8.42. The molecule has 0 aromatic heterocycles. The largest absolute Gasteiger partial charge is 0.335 e. The highest BCUT2D eigenvalue weighted by atomic mass is 16.2. The molecule has 1 aliphatic heterocycles. The third kappa shape index (κ3) is 5.28. The lowest BCUT2D eigenvalue weighted by atomic mass is 9.93. The number of carbonyl (C=O) groups is 2. The van der Waals surface area contributed by atoms with Crippen LogP contribution >= 0.6 is 0 Å². The fraction of sp³-hybridized carbons (Fsp3) is 0.867. The van der Waals surface area contributed by atoms with Crippen molar-refractivity contribution in [2.75, 3.05) is 26.7 Å². The third-order valence-corrected chi connectivity index (χ3v) is 4.53. The first-order chi connectivity index (χ1) is 10.1. The number of piperidine rings is 1. The highest BCUT2D eigenvalue weighted by molar-refractivity contribution is 5.96. The molecule has 3 amide bonds. The minimum atomic E-state index is -0.349. The van der Waals surface area contributed by atoms with Gasteiger partial charge in [-0.05, 0) is 71.6 Å². The van der Waals surface area contributed by atoms with Gasteiger partial charge in [-0.3, -0.25) is 15.0 Å². The summed E-state index contributed by atoms with van der Waals surface area (Å²) in [4.78, 5) is 25.9. The predicted octanol–water partition coefficient (Wildman–Crippen LogP) is 0.685. The highest BCUT2D eigenvalue weighted by Crippen LogP contribution is 2.21. The van der Waals surface area contributed by atoms with Crippen LogP contribution < -0.4 is 16.0 Å². The normalized spacial score (nSPS) is 21.8. The van der Waals surface area contributed by atoms with Gasteiger partial charge >= 0.3 is 6.03 Å². The molecule has 1 aliphatic carbocycles. The van der Waals surface area contributed by atoms with E-state index in [4.69, 9.17) is 0 Å². The quantitative estimate of drug-likeness (QED) is 0.674. The number of urea groups is 1. The summed E-state index contributed by atoms with van der Waals surface area (Å²) < 4.78 is 0. The van der Waals surface area contributed by atoms with E-state index in [0.717, 1.165) is 51.2 Å². The van der Waals surface area contributed by atoms with Crippen molar-refractivity contribution < 1.29 is 9.59 Å². The monoisotopic (exact) mass is 296 g/mol. The van der Waals surface area contributed by atoms with Crippen LogP contribution in [-0.2, 0) is 4.79 Å². The molecule has 0 radical (unpaired) electrons. The molecule has 21 heavy (non-hydrogen) atoms. The summed E-state index contributed by atoms with van der Waals surface area (Å²) >= 11 is 0. The number of likely N-dealkylation sites (tertiary alicyclic amines) is 1. The van der Waals surface area contributed by atoms with E-state index in [-0.39, 0.29) is 24.0 Å². The fourth-order valence-electron chi connectivity index (χ4n) is 2.81. The molecule has 6 heteroatoms. The maximum absolute atomic E-state index is 12.1. The van der Waals surface area contributed by atoms with E-state index in [0.29, 0.717) is 0 Å². The molecule has 2 aliphatic rings. The number of hydrogen-bond donors (Lipinski definition) is 3. The number of rotatable bonds is 6. The van der Waals surface area contributed by atoms with Crippen molar-refractivity contribution in [3.63, 3.8) is 0 Å². The molecule has 1 heterocycles. The van der Waals surface area contributed by atoms with Gasteiger partial charge in [0.05, 0.1) is 6.04 Å². The van der Waals surface area contributed by atoms with Crippen molar-refractivity contribution in [1.29, 1.82) is 0 Å². The van der Waals surface area contributed by atoms with E-state index in [9.17, 15) is 9.59 Å². The fourth-order valence-corrected chi connectivity index (χ4v) is 2.81. The van der Waals surface area contributed by atoms with E-state index < -0.39 is 0 Å². The summed E-state index contributed by atoms with van der Waals surface area (Å²) in [6.07, 6.45) is 5.52. The highest BCUT2D eigenvalue weighted by Gasteiger charge is 2.28. The maximum atomic E-state index is 12.1. The minimum absolute atomic E-state index is 0.193. The van der Waals surface area contributed by atoms with Gasteiger partial charge in [0.1, 0.15) is 0 Å². The van der Waals surface area contributed by atoms with Gasteiger partial charge in [0.2, 0.25) is 5.91 Å². The maximum Gasteiger partial charge on any atom is 0.321 e. The van der Waals surface area contributed by atoms with Crippen molar-refractivity contribution in [3.05, 3.63) is 0 Å². The van der Waals surface area contributed by atoms with Gasteiger partial charge in [-0.1, -0.05) is 0 Å². The summed E-state index contributed by atoms with van der Waals surface area (Å²) in [5.41, 5.74) is 0. The molecular formula is C15H28N4O2. The molecule has 120 valence electrons. The van der Waals surface area contributed by atoms with Crippen LogP contribution in [0.3, 0.4) is 0 Å². The Hall–Kier alpha value is -1.14. The molecule has 0 bridgehead atoms. The van der Waals surface area contributed by atoms with Gasteiger partial charge in [0.15, 0.2) is 0 Å². The van der Waals surface area contributed by atoms with Gasteiger partial charge in [-0.15, -0.1) is 0 Å². The second-order valence-corrected chi connectivity index (χ2v) is 6.28. The van der Waals surface area contributed by atoms with Crippen LogP contribution in [0.2, 0.25) is 0 Å². The summed E-state index contributed by atoms with van der Waals surface area (Å²) in [7, 11) is 1.98. The molecule has 3 N–H and O–H groups in total. The molecule has 0 spiro atoms. The van der Waals surface area contributed by atoms with Crippen molar-refractivity contribution in [3.8, 4) is 0 Å². The molecular weight excluding hydrogens is 268 g/mol. The Morgan fingerprint density at radius 2 is 1.86 bits per heavy atom. The van der Waals surface area contributed by atoms with Crippen LogP contribution in [-0.4, -0.2) is 55.6 Å². The average molecular weight is 296 g/mol. The Morgan fingerprint density at radius 1 is 1.19 bits per heavy atom. The zero-order valence-electron chi connectivity index (χ0n) is 13.2. The molecule has 0 aromatic carbocycles. The van der Waals surface area contributed by atoms with E-state index >= 15 is 0 Å². The van der Waals surface area contributed by atoms with Crippen molar-refractivity contribution >= 4 is 11.9 Å². The van der Waals surface area contributed by atoms with Crippen LogP contribution in [0.25, 0.3) is 0 Å². The first-order valence-electron chi connectivity index (χ1n) is 8.10. The van der Waals surface area contributed by atoms with Gasteiger partial charge in [-0.2, -0.15) is 0 Å². The molecule has 2 fully saturated rings. The van der Waals surface area contributed by atoms with E-state index in [2.05, 4.69) is 20.9 Å². The minimum Gasteiger partial charge on any atom is -0.335 e. The molecule has 0 aromatic rings. The Morgan fingerprint density at radius 3 is 2.43 bits per heavy atom. The molecule has 2 rings (SSSR count). The standard InChI is InChI=1S/C15H28N4O2/c1-11(14(20)18-15(21)17-13-3-4-13)19-9-6-12(7-10-19)5-8-16-2/h11-13,16H,3-10H2,1-2H3,(H2,17,18,20,21). The number of amides is 3. The second kappa shape index (κ2) is 7.75. The molecule has 1 saturated heterocycles. The number of hydrogen-bond acceptors (Lipinski definition) is 4. The zero-order valence-corrected chi connectivity index (χ0v) is 13.2. The molecule has 1 unspecified atom stereocenters. The molecule has 1 atom stereocenters. The van der Waals surface area contributed by atoms with Gasteiger partial charge in [0, 0.05) is 6.04 Å². The number of nitrogens with zero attached hydrogens (tertiary/aromatic N) is 1. The smallest absolute Gasteiger partial charge is 0.321 e. The van der Waals surface area contributed by atoms with Crippen molar-refractivity contribution in [2.45, 2.75) is 51.1 Å². The van der Waals surface area contributed by atoms with Crippen LogP contribution in [0, 0.1) is 5.92 Å². The SMILES string of the molecule is CNCCC1CCN(C(C)C(=O)NC(=O)NC2CC2)CC1. The second-order valence-electron chi connectivity index (χ2n) is 6.28. The lowest BCUT2D eigenvalue weighted by Gasteiger charge is -2.35. The third-order valence-electron chi connectivity index (χ3n) is 4.53. The first-order valence-corrected chi connectivity index (χ1v) is 8.10. The molecule has 6 nitrogen and oxygen atoms in total. The van der Waals surface area contributed by atoms with Gasteiger partial charge < -0.3 is 10.6 Å². The van der Waals surface area contributed by atoms with Gasteiger partial charge in [-0.25, -0.2) is 4.79 Å². The number of carbonyl (C=O) groups excluding carboxylic acids is 2. The zero-order chi connectivity index (χ0) is 15.2. The Bertz CT molecular complexity index is 363. The van der Waals surface area contributed by atoms with Crippen LogP contribution in [0.15, 0.2) is 0 Å². The van der Waals surface area contributed by atoms with Crippen molar-refractivity contribution in [1.82, 2.24) is 20.9 Å². The summed E-state index contributed by atoms with van der Waals surface area (Å²) in [6, 6.07) is -0.311. The molecule has 1 saturated carbocycles. The van der Waals surface area contributed by atoms with Crippen LogP contribution in [0.5, 0.6) is 0 Å². The predicted molar refractivity (Wildman–Crippen MR) is 82.0 cm³/mol. The van der Waals surface area contributed by atoms with Crippen LogP contribution in [0.4, 0.5) is 4.79 Å². The van der Waals surface area contributed by atoms with Crippen LogP contribution in [0.1, 0.15) is 39.0 Å².